The third-order valence-electron chi connectivity index (χ3n) is 12.3. The molecule has 0 heteroatoms. The number of hydrogen-bond acceptors (Lipinski definition) is 0. The van der Waals surface area contributed by atoms with Crippen molar-refractivity contribution in [3.63, 3.8) is 0 Å². The Hall–Kier alpha value is -5.72. The van der Waals surface area contributed by atoms with Gasteiger partial charge in [-0.2, -0.15) is 0 Å². The van der Waals surface area contributed by atoms with Crippen molar-refractivity contribution < 1.29 is 0 Å². The first-order chi connectivity index (χ1) is 27.5. The minimum absolute atomic E-state index is 0.124. The molecule has 0 N–H and O–H groups in total. The van der Waals surface area contributed by atoms with Crippen molar-refractivity contribution in [1.82, 2.24) is 0 Å². The number of hydrogen-bond donors (Lipinski definition) is 0. The average molecular weight is 755 g/mol. The van der Waals surface area contributed by atoms with E-state index in [4.69, 9.17) is 0 Å². The van der Waals surface area contributed by atoms with Crippen molar-refractivity contribution in [3.8, 4) is 0 Å². The van der Waals surface area contributed by atoms with E-state index in [0.717, 1.165) is 0 Å². The Balaban J connectivity index is 0.000000123. The summed E-state index contributed by atoms with van der Waals surface area (Å²) in [5.41, 5.74) is 10.4. The van der Waals surface area contributed by atoms with E-state index in [0.29, 0.717) is 5.92 Å². The molecular weight excluding hydrogens is 697 g/mol. The van der Waals surface area contributed by atoms with E-state index in [-0.39, 0.29) is 16.2 Å². The Kier molecular flexibility index (Phi) is 9.84. The van der Waals surface area contributed by atoms with Crippen LogP contribution in [0.5, 0.6) is 0 Å². The predicted octanol–water partition coefficient (Wildman–Crippen LogP) is 15.7. The van der Waals surface area contributed by atoms with Crippen LogP contribution < -0.4 is 5.22 Å². The molecule has 0 amide bonds. The highest BCUT2D eigenvalue weighted by molar-refractivity contribution is 6.26. The molecule has 1 atom stereocenters. The Bertz CT molecular complexity index is 2950. The lowest BCUT2D eigenvalue weighted by molar-refractivity contribution is 0.500. The van der Waals surface area contributed by atoms with Gasteiger partial charge in [0, 0.05) is 5.92 Å². The van der Waals surface area contributed by atoms with Crippen LogP contribution in [-0.2, 0) is 10.8 Å². The third-order valence-corrected chi connectivity index (χ3v) is 12.3. The molecule has 3 aliphatic rings. The van der Waals surface area contributed by atoms with Gasteiger partial charge in [0.15, 0.2) is 0 Å². The van der Waals surface area contributed by atoms with Crippen molar-refractivity contribution in [2.75, 3.05) is 0 Å². The summed E-state index contributed by atoms with van der Waals surface area (Å²) in [6.45, 7) is 27.1. The first-order valence-electron chi connectivity index (χ1n) is 21.0. The normalized spacial score (nSPS) is 16.3. The minimum atomic E-state index is 0.124. The maximum absolute atomic E-state index is 4.38. The van der Waals surface area contributed by atoms with Crippen molar-refractivity contribution in [2.45, 2.75) is 80.1 Å². The molecule has 0 saturated carbocycles. The smallest absolute Gasteiger partial charge is 0.0342 e. The molecule has 0 fully saturated rings. The molecule has 7 aromatic carbocycles. The van der Waals surface area contributed by atoms with Crippen molar-refractivity contribution in [3.05, 3.63) is 196 Å². The van der Waals surface area contributed by atoms with E-state index >= 15 is 0 Å². The molecule has 7 aromatic rings. The van der Waals surface area contributed by atoms with Gasteiger partial charge in [-0.3, -0.25) is 0 Å². The van der Waals surface area contributed by atoms with Gasteiger partial charge >= 0.3 is 0 Å². The second kappa shape index (κ2) is 14.6. The van der Waals surface area contributed by atoms with E-state index < -0.39 is 0 Å². The number of benzene rings is 7. The van der Waals surface area contributed by atoms with E-state index in [9.17, 15) is 0 Å². The van der Waals surface area contributed by atoms with E-state index in [1.807, 2.05) is 0 Å². The second-order valence-electron chi connectivity index (χ2n) is 19.5. The van der Waals surface area contributed by atoms with Crippen LogP contribution in [0.25, 0.3) is 60.4 Å². The lowest BCUT2D eigenvalue weighted by atomic mass is 9.68. The summed E-state index contributed by atoms with van der Waals surface area (Å²) >= 11 is 0. The zero-order valence-electron chi connectivity index (χ0n) is 36.2. The van der Waals surface area contributed by atoms with Crippen LogP contribution in [0.4, 0.5) is 0 Å². The van der Waals surface area contributed by atoms with Crippen LogP contribution in [0, 0.1) is 18.3 Å². The summed E-state index contributed by atoms with van der Waals surface area (Å²) in [4.78, 5) is 0. The van der Waals surface area contributed by atoms with Crippen molar-refractivity contribution in [2.24, 2.45) is 11.3 Å². The molecule has 0 aliphatic heterocycles. The molecule has 0 aromatic heterocycles. The van der Waals surface area contributed by atoms with Crippen molar-refractivity contribution >= 4 is 60.4 Å². The van der Waals surface area contributed by atoms with Crippen LogP contribution in [0.1, 0.15) is 79.0 Å². The topological polar surface area (TPSA) is 0 Å². The molecule has 0 radical (unpaired) electrons. The van der Waals surface area contributed by atoms with Gasteiger partial charge in [-0.05, 0) is 127 Å². The SMILES string of the molecule is C=c1c(C(C)(C)C)cc2cccc3ccc(C)c1c32.CC(C)(C)C1=CC=C2C=CC=C3C=CC=C1C32.CC(C)(C)c1cccc2c3ccccc3c3ccccc3c12. The number of aryl methyl sites for hydroxylation is 1. The summed E-state index contributed by atoms with van der Waals surface area (Å²) in [6, 6.07) is 37.6. The monoisotopic (exact) mass is 754 g/mol. The molecule has 1 unspecified atom stereocenters. The second-order valence-corrected chi connectivity index (χ2v) is 19.5. The summed E-state index contributed by atoms with van der Waals surface area (Å²) in [5, 5.41) is 14.7. The van der Waals surface area contributed by atoms with E-state index in [1.54, 1.807) is 0 Å². The molecule has 0 spiro atoms. The molecule has 0 nitrogen and oxygen atoms in total. The fourth-order valence-electron chi connectivity index (χ4n) is 9.53. The van der Waals surface area contributed by atoms with Gasteiger partial charge in [0.05, 0.1) is 0 Å². The molecule has 0 bridgehead atoms. The van der Waals surface area contributed by atoms with Crippen LogP contribution in [0.3, 0.4) is 0 Å². The fraction of sp³-hybridized carbons (Fsp3) is 0.241. The summed E-state index contributed by atoms with van der Waals surface area (Å²) in [7, 11) is 0. The first kappa shape index (κ1) is 39.1. The van der Waals surface area contributed by atoms with Gasteiger partial charge < -0.3 is 0 Å². The standard InChI is InChI=1S/C22H20.C19H20.C17H18/c1-22(2,3)20-14-8-13-19-17-10-5-4-9-15(17)16-11-6-7-12-18(16)21(19)20;1-12-9-10-14-7-6-8-15-11-16(19(3,4)5)13(2)17(12)18(14)15;1-17(2,3)15-11-10-13-7-4-6-12-8-5-9-14(15)16(12)13/h4-14H,1-3H3;6-11H,2H2,1,3-5H3;4-11,16H,1-3H3. The van der Waals surface area contributed by atoms with Gasteiger partial charge in [-0.15, -0.1) is 0 Å². The van der Waals surface area contributed by atoms with Crippen LogP contribution in [0.15, 0.2) is 174 Å². The highest BCUT2D eigenvalue weighted by atomic mass is 14.4. The molecule has 290 valence electrons. The number of fused-ring (bicyclic) bond motifs is 6. The van der Waals surface area contributed by atoms with E-state index in [1.165, 1.54) is 98.1 Å². The van der Waals surface area contributed by atoms with Crippen LogP contribution in [-0.4, -0.2) is 0 Å². The Morgan fingerprint density at radius 1 is 0.448 bits per heavy atom. The number of allylic oxidation sites excluding steroid dienone is 12. The third kappa shape index (κ3) is 6.98. The zero-order chi connectivity index (χ0) is 41.1. The summed E-state index contributed by atoms with van der Waals surface area (Å²) in [5.74, 6) is 0.476. The summed E-state index contributed by atoms with van der Waals surface area (Å²) in [6.07, 6.45) is 17.9. The highest BCUT2D eigenvalue weighted by Gasteiger charge is 2.33. The Morgan fingerprint density at radius 2 is 0.983 bits per heavy atom. The molecule has 10 rings (SSSR count). The largest absolute Gasteiger partial charge is 0.0908 e. The maximum Gasteiger partial charge on any atom is 0.0342 e. The van der Waals surface area contributed by atoms with Gasteiger partial charge in [0.25, 0.3) is 0 Å². The predicted molar refractivity (Wildman–Crippen MR) is 257 cm³/mol. The Labute approximate surface area is 346 Å². The average Bonchev–Trinajstić information content (AvgIpc) is 3.19. The highest BCUT2D eigenvalue weighted by Crippen LogP contribution is 2.46. The maximum atomic E-state index is 4.38. The van der Waals surface area contributed by atoms with Gasteiger partial charge in [-0.25, -0.2) is 0 Å². The molecule has 0 heterocycles. The molecule has 58 heavy (non-hydrogen) atoms. The molecule has 0 saturated heterocycles. The van der Waals surface area contributed by atoms with Gasteiger partial charge in [0.2, 0.25) is 0 Å². The summed E-state index contributed by atoms with van der Waals surface area (Å²) < 4.78 is 0. The Morgan fingerprint density at radius 3 is 1.60 bits per heavy atom. The van der Waals surface area contributed by atoms with Gasteiger partial charge in [-0.1, -0.05) is 215 Å². The zero-order valence-corrected chi connectivity index (χ0v) is 36.2. The minimum Gasteiger partial charge on any atom is -0.0908 e. The lowest BCUT2D eigenvalue weighted by Crippen LogP contribution is -2.23. The quantitative estimate of drug-likeness (QED) is 0.135. The van der Waals surface area contributed by atoms with Crippen molar-refractivity contribution in [1.29, 1.82) is 0 Å². The molecule has 3 aliphatic carbocycles. The molecular formula is C58H58. The number of rotatable bonds is 0. The fourth-order valence-corrected chi connectivity index (χ4v) is 9.53. The lowest BCUT2D eigenvalue weighted by Gasteiger charge is -2.36. The van der Waals surface area contributed by atoms with E-state index in [2.05, 4.69) is 228 Å². The van der Waals surface area contributed by atoms with Gasteiger partial charge in [0.1, 0.15) is 0 Å². The first-order valence-corrected chi connectivity index (χ1v) is 21.0. The van der Waals surface area contributed by atoms with Crippen LogP contribution >= 0.6 is 0 Å². The van der Waals surface area contributed by atoms with Crippen LogP contribution in [0.2, 0.25) is 0 Å².